The first-order chi connectivity index (χ1) is 18.2. The summed E-state index contributed by atoms with van der Waals surface area (Å²) in [5.74, 6) is -2.93. The zero-order valence-electron chi connectivity index (χ0n) is 20.0. The molecule has 1 aliphatic rings. The number of nitrogens with zero attached hydrogens (tertiary/aromatic N) is 2. The van der Waals surface area contributed by atoms with Gasteiger partial charge < -0.3 is 13.9 Å². The van der Waals surface area contributed by atoms with Crippen LogP contribution in [0.4, 0.5) is 5.69 Å². The molecule has 0 radical (unpaired) electrons. The van der Waals surface area contributed by atoms with E-state index in [0.717, 1.165) is 11.6 Å². The molecule has 4 aromatic rings. The summed E-state index contributed by atoms with van der Waals surface area (Å²) in [6.45, 7) is 0.903. The number of benzene rings is 3. The van der Waals surface area contributed by atoms with Crippen LogP contribution in [0.15, 0.2) is 69.9 Å². The largest absolute Gasteiger partial charge is 0.497 e. The van der Waals surface area contributed by atoms with Gasteiger partial charge in [-0.15, -0.1) is 0 Å². The number of ether oxygens (including phenoxy) is 2. The SMILES string of the molecule is COc1ccc(-c2oc3ccc(C)cc3c(=O)c2OC(=O)CN2C(=O)c3cccc([N+](=O)[O-])c3C2=O)cc1. The van der Waals surface area contributed by atoms with Gasteiger partial charge in [-0.25, -0.2) is 4.79 Å². The van der Waals surface area contributed by atoms with Crippen molar-refractivity contribution in [1.29, 1.82) is 0 Å². The second-order valence-electron chi connectivity index (χ2n) is 8.44. The quantitative estimate of drug-likeness (QED) is 0.162. The van der Waals surface area contributed by atoms with Crippen LogP contribution in [0.1, 0.15) is 26.3 Å². The molecule has 190 valence electrons. The standard InChI is InChI=1S/C27H18N2O9/c1-14-6-11-20-18(12-14)23(31)25(24(37-20)15-7-9-16(36-2)10-8-15)38-21(30)13-28-26(32)17-4-3-5-19(29(34)35)22(17)27(28)33/h3-12H,13H2,1-2H3. The van der Waals surface area contributed by atoms with Gasteiger partial charge in [0.25, 0.3) is 17.5 Å². The molecule has 0 saturated heterocycles. The van der Waals surface area contributed by atoms with Gasteiger partial charge >= 0.3 is 5.97 Å². The Kier molecular flexibility index (Phi) is 5.95. The van der Waals surface area contributed by atoms with E-state index in [1.165, 1.54) is 19.2 Å². The van der Waals surface area contributed by atoms with Crippen molar-refractivity contribution >= 4 is 34.4 Å². The lowest BCUT2D eigenvalue weighted by atomic mass is 10.1. The Labute approximate surface area is 214 Å². The van der Waals surface area contributed by atoms with Crippen LogP contribution >= 0.6 is 0 Å². The van der Waals surface area contributed by atoms with Gasteiger partial charge in [0.05, 0.1) is 23.0 Å². The molecule has 38 heavy (non-hydrogen) atoms. The number of methoxy groups -OCH3 is 1. The average Bonchev–Trinajstić information content (AvgIpc) is 3.15. The summed E-state index contributed by atoms with van der Waals surface area (Å²) in [6.07, 6.45) is 0. The zero-order chi connectivity index (χ0) is 27.1. The highest BCUT2D eigenvalue weighted by Gasteiger charge is 2.42. The van der Waals surface area contributed by atoms with Crippen LogP contribution in [-0.4, -0.2) is 41.3 Å². The minimum atomic E-state index is -1.11. The maximum Gasteiger partial charge on any atom is 0.331 e. The molecule has 0 N–H and O–H groups in total. The Morgan fingerprint density at radius 3 is 2.45 bits per heavy atom. The summed E-state index contributed by atoms with van der Waals surface area (Å²) < 4.78 is 16.5. The fourth-order valence-electron chi connectivity index (χ4n) is 4.20. The van der Waals surface area contributed by atoms with E-state index in [1.807, 2.05) is 0 Å². The molecule has 5 rings (SSSR count). The van der Waals surface area contributed by atoms with E-state index < -0.39 is 51.7 Å². The lowest BCUT2D eigenvalue weighted by molar-refractivity contribution is -0.385. The van der Waals surface area contributed by atoms with Crippen molar-refractivity contribution in [1.82, 2.24) is 4.90 Å². The first-order valence-corrected chi connectivity index (χ1v) is 11.3. The lowest BCUT2D eigenvalue weighted by Crippen LogP contribution is -2.37. The van der Waals surface area contributed by atoms with Gasteiger partial charge in [0.1, 0.15) is 23.4 Å². The molecule has 1 aliphatic heterocycles. The number of rotatable bonds is 6. The molecule has 2 heterocycles. The van der Waals surface area contributed by atoms with Crippen LogP contribution in [0.5, 0.6) is 11.5 Å². The average molecular weight is 514 g/mol. The Morgan fingerprint density at radius 2 is 1.76 bits per heavy atom. The lowest BCUT2D eigenvalue weighted by Gasteiger charge is -2.14. The highest BCUT2D eigenvalue weighted by Crippen LogP contribution is 2.33. The fourth-order valence-corrected chi connectivity index (χ4v) is 4.20. The van der Waals surface area contributed by atoms with Gasteiger partial charge in [-0.05, 0) is 49.4 Å². The van der Waals surface area contributed by atoms with E-state index in [-0.39, 0.29) is 22.3 Å². The molecular formula is C27H18N2O9. The predicted octanol–water partition coefficient (Wildman–Crippen LogP) is 3.89. The predicted molar refractivity (Wildman–Crippen MR) is 133 cm³/mol. The normalized spacial score (nSPS) is 12.5. The highest BCUT2D eigenvalue weighted by atomic mass is 16.6. The van der Waals surface area contributed by atoms with Crippen LogP contribution in [0.2, 0.25) is 0 Å². The Hall–Kier alpha value is -5.32. The first kappa shape index (κ1) is 24.4. The van der Waals surface area contributed by atoms with Crippen LogP contribution in [0.3, 0.4) is 0 Å². The summed E-state index contributed by atoms with van der Waals surface area (Å²) in [6, 6.07) is 15.1. The summed E-state index contributed by atoms with van der Waals surface area (Å²) in [4.78, 5) is 63.1. The summed E-state index contributed by atoms with van der Waals surface area (Å²) in [5, 5.41) is 11.5. The van der Waals surface area contributed by atoms with E-state index in [2.05, 4.69) is 0 Å². The van der Waals surface area contributed by atoms with Crippen molar-refractivity contribution in [3.05, 3.63) is 97.7 Å². The number of amides is 2. The molecule has 1 aromatic heterocycles. The molecule has 0 saturated carbocycles. The molecule has 0 aliphatic carbocycles. The summed E-state index contributed by atoms with van der Waals surface area (Å²) in [5.41, 5.74) is -0.349. The van der Waals surface area contributed by atoms with Crippen molar-refractivity contribution in [3.8, 4) is 22.8 Å². The maximum atomic E-state index is 13.4. The molecule has 11 heteroatoms. The molecule has 2 amide bonds. The number of imide groups is 1. The molecule has 11 nitrogen and oxygen atoms in total. The smallest absolute Gasteiger partial charge is 0.331 e. The molecule has 0 unspecified atom stereocenters. The molecule has 0 fully saturated rings. The van der Waals surface area contributed by atoms with E-state index in [1.54, 1.807) is 49.4 Å². The summed E-state index contributed by atoms with van der Waals surface area (Å²) >= 11 is 0. The van der Waals surface area contributed by atoms with Crippen molar-refractivity contribution in [3.63, 3.8) is 0 Å². The number of carbonyl (C=O) groups excluding carboxylic acids is 3. The van der Waals surface area contributed by atoms with E-state index >= 15 is 0 Å². The Morgan fingerprint density at radius 1 is 1.03 bits per heavy atom. The second kappa shape index (κ2) is 9.28. The van der Waals surface area contributed by atoms with Crippen molar-refractivity contribution < 1.29 is 33.2 Å². The molecular weight excluding hydrogens is 496 g/mol. The third-order valence-corrected chi connectivity index (χ3v) is 6.03. The molecule has 0 bridgehead atoms. The maximum absolute atomic E-state index is 13.4. The van der Waals surface area contributed by atoms with E-state index in [9.17, 15) is 29.3 Å². The minimum Gasteiger partial charge on any atom is -0.497 e. The van der Waals surface area contributed by atoms with Gasteiger partial charge in [0, 0.05) is 11.6 Å². The highest BCUT2D eigenvalue weighted by molar-refractivity contribution is 6.24. The summed E-state index contributed by atoms with van der Waals surface area (Å²) in [7, 11) is 1.49. The third-order valence-electron chi connectivity index (χ3n) is 6.03. The number of nitro groups is 1. The van der Waals surface area contributed by atoms with Gasteiger partial charge in [-0.1, -0.05) is 17.7 Å². The van der Waals surface area contributed by atoms with Gasteiger partial charge in [0.15, 0.2) is 5.76 Å². The number of hydrogen-bond acceptors (Lipinski definition) is 9. The van der Waals surface area contributed by atoms with Crippen molar-refractivity contribution in [2.24, 2.45) is 0 Å². The zero-order valence-corrected chi connectivity index (χ0v) is 20.0. The monoisotopic (exact) mass is 514 g/mol. The number of esters is 1. The second-order valence-corrected chi connectivity index (χ2v) is 8.44. The number of nitro benzene ring substituents is 1. The minimum absolute atomic E-state index is 0.0413. The van der Waals surface area contributed by atoms with Crippen molar-refractivity contribution in [2.75, 3.05) is 13.7 Å². The first-order valence-electron chi connectivity index (χ1n) is 11.3. The number of aryl methyl sites for hydroxylation is 1. The van der Waals surface area contributed by atoms with Gasteiger partial charge in [0.2, 0.25) is 11.2 Å². The van der Waals surface area contributed by atoms with Crippen molar-refractivity contribution in [2.45, 2.75) is 6.92 Å². The number of carbonyl (C=O) groups is 3. The van der Waals surface area contributed by atoms with Gasteiger partial charge in [-0.2, -0.15) is 0 Å². The molecule has 0 atom stereocenters. The van der Waals surface area contributed by atoms with Crippen LogP contribution in [0.25, 0.3) is 22.3 Å². The van der Waals surface area contributed by atoms with Crippen LogP contribution < -0.4 is 14.9 Å². The fraction of sp³-hybridized carbons (Fsp3) is 0.111. The number of fused-ring (bicyclic) bond motifs is 2. The topological polar surface area (TPSA) is 146 Å². The van der Waals surface area contributed by atoms with Gasteiger partial charge in [-0.3, -0.25) is 29.4 Å². The Balaban J connectivity index is 1.52. The van der Waals surface area contributed by atoms with Crippen LogP contribution in [0, 0.1) is 17.0 Å². The molecule has 0 spiro atoms. The Bertz CT molecular complexity index is 1720. The van der Waals surface area contributed by atoms with E-state index in [4.69, 9.17) is 13.9 Å². The third kappa shape index (κ3) is 4.05. The van der Waals surface area contributed by atoms with Crippen LogP contribution in [-0.2, 0) is 4.79 Å². The number of hydrogen-bond donors (Lipinski definition) is 0. The molecule has 3 aromatic carbocycles. The van der Waals surface area contributed by atoms with E-state index in [0.29, 0.717) is 16.2 Å².